The predicted octanol–water partition coefficient (Wildman–Crippen LogP) is 2.83. The van der Waals surface area contributed by atoms with E-state index in [0.29, 0.717) is 28.2 Å². The molecule has 0 spiro atoms. The van der Waals surface area contributed by atoms with Gasteiger partial charge in [0.25, 0.3) is 5.56 Å². The predicted molar refractivity (Wildman–Crippen MR) is 74.5 cm³/mol. The molecule has 0 unspecified atom stereocenters. The summed E-state index contributed by atoms with van der Waals surface area (Å²) in [6.07, 6.45) is 1.74. The van der Waals surface area contributed by atoms with Crippen molar-refractivity contribution in [3.63, 3.8) is 0 Å². The van der Waals surface area contributed by atoms with Crippen LogP contribution in [-0.2, 0) is 0 Å². The Bertz CT molecular complexity index is 692. The summed E-state index contributed by atoms with van der Waals surface area (Å²) in [7, 11) is 0. The number of halogens is 1. The number of fused-ring (bicyclic) bond motifs is 1. The van der Waals surface area contributed by atoms with Crippen LogP contribution in [0.4, 0.5) is 0 Å². The summed E-state index contributed by atoms with van der Waals surface area (Å²) in [5.41, 5.74) is 0.414. The Balaban J connectivity index is 2.37. The highest BCUT2D eigenvalue weighted by molar-refractivity contribution is 6.35. The number of rotatable bonds is 3. The minimum absolute atomic E-state index is 0.138. The van der Waals surface area contributed by atoms with Gasteiger partial charge in [-0.2, -0.15) is 0 Å². The maximum atomic E-state index is 12.6. The van der Waals surface area contributed by atoms with Crippen molar-refractivity contribution in [1.82, 2.24) is 9.55 Å². The second-order valence-electron chi connectivity index (χ2n) is 4.93. The van der Waals surface area contributed by atoms with Crippen LogP contribution in [0.15, 0.2) is 23.0 Å². The lowest BCUT2D eigenvalue weighted by molar-refractivity contribution is 0.157. The molecule has 5 heteroatoms. The van der Waals surface area contributed by atoms with Crippen molar-refractivity contribution in [3.8, 4) is 0 Å². The Labute approximate surface area is 115 Å². The molecular weight excluding hydrogens is 264 g/mol. The van der Waals surface area contributed by atoms with Gasteiger partial charge in [0.15, 0.2) is 0 Å². The first-order valence-corrected chi connectivity index (χ1v) is 6.90. The highest BCUT2D eigenvalue weighted by Crippen LogP contribution is 2.36. The highest BCUT2D eigenvalue weighted by atomic mass is 35.5. The second-order valence-corrected chi connectivity index (χ2v) is 5.34. The second kappa shape index (κ2) is 4.62. The Morgan fingerprint density at radius 3 is 2.89 bits per heavy atom. The van der Waals surface area contributed by atoms with E-state index in [9.17, 15) is 9.90 Å². The van der Waals surface area contributed by atoms with Gasteiger partial charge in [-0.1, -0.05) is 24.6 Å². The average Bonchev–Trinajstić information content (AvgIpc) is 3.21. The average molecular weight is 279 g/mol. The van der Waals surface area contributed by atoms with E-state index in [2.05, 4.69) is 4.98 Å². The molecule has 1 aromatic heterocycles. The van der Waals surface area contributed by atoms with Crippen LogP contribution >= 0.6 is 11.6 Å². The van der Waals surface area contributed by atoms with Gasteiger partial charge in [-0.05, 0) is 31.4 Å². The van der Waals surface area contributed by atoms with E-state index in [4.69, 9.17) is 11.6 Å². The Morgan fingerprint density at radius 2 is 2.26 bits per heavy atom. The van der Waals surface area contributed by atoms with Gasteiger partial charge in [0.05, 0.1) is 15.9 Å². The SMILES string of the molecule is CC[C@H](O)c1nc2cccc(Cl)c2c(=O)n1C1CC1. The Morgan fingerprint density at radius 1 is 1.53 bits per heavy atom. The fraction of sp³-hybridized carbons (Fsp3) is 0.429. The number of benzene rings is 1. The first-order chi connectivity index (χ1) is 9.13. The van der Waals surface area contributed by atoms with Gasteiger partial charge in [0, 0.05) is 6.04 Å². The first-order valence-electron chi connectivity index (χ1n) is 6.52. The molecule has 1 aliphatic rings. The van der Waals surface area contributed by atoms with Crippen molar-refractivity contribution in [2.24, 2.45) is 0 Å². The molecule has 1 N–H and O–H groups in total. The van der Waals surface area contributed by atoms with Gasteiger partial charge < -0.3 is 5.11 Å². The third kappa shape index (κ3) is 2.05. The van der Waals surface area contributed by atoms with Gasteiger partial charge in [-0.25, -0.2) is 4.98 Å². The van der Waals surface area contributed by atoms with E-state index in [-0.39, 0.29) is 11.6 Å². The summed E-state index contributed by atoms with van der Waals surface area (Å²) in [4.78, 5) is 17.1. The minimum atomic E-state index is -0.711. The van der Waals surface area contributed by atoms with Crippen molar-refractivity contribution in [1.29, 1.82) is 0 Å². The van der Waals surface area contributed by atoms with E-state index in [1.165, 1.54) is 0 Å². The molecule has 0 saturated heterocycles. The van der Waals surface area contributed by atoms with Crippen LogP contribution in [0.3, 0.4) is 0 Å². The topological polar surface area (TPSA) is 55.1 Å². The maximum absolute atomic E-state index is 12.6. The zero-order valence-electron chi connectivity index (χ0n) is 10.6. The van der Waals surface area contributed by atoms with Crippen LogP contribution in [-0.4, -0.2) is 14.7 Å². The lowest BCUT2D eigenvalue weighted by Gasteiger charge is -2.16. The molecule has 1 atom stereocenters. The summed E-state index contributed by atoms with van der Waals surface area (Å²) in [5.74, 6) is 0.463. The number of aromatic nitrogens is 2. The molecule has 1 heterocycles. The summed E-state index contributed by atoms with van der Waals surface area (Å²) in [5, 5.41) is 11.0. The maximum Gasteiger partial charge on any atom is 0.263 e. The van der Waals surface area contributed by atoms with Gasteiger partial charge >= 0.3 is 0 Å². The smallest absolute Gasteiger partial charge is 0.263 e. The van der Waals surface area contributed by atoms with Crippen molar-refractivity contribution in [2.45, 2.75) is 38.3 Å². The summed E-state index contributed by atoms with van der Waals surface area (Å²) in [6.45, 7) is 1.87. The van der Waals surface area contributed by atoms with Gasteiger partial charge in [-0.15, -0.1) is 0 Å². The number of aliphatic hydroxyl groups excluding tert-OH is 1. The summed E-state index contributed by atoms with van der Waals surface area (Å²) >= 11 is 6.11. The molecule has 100 valence electrons. The molecule has 3 rings (SSSR count). The molecular formula is C14H15ClN2O2. The molecule has 2 aromatic rings. The molecule has 1 saturated carbocycles. The highest BCUT2D eigenvalue weighted by Gasteiger charge is 2.30. The van der Waals surface area contributed by atoms with Crippen LogP contribution in [0.2, 0.25) is 5.02 Å². The zero-order chi connectivity index (χ0) is 13.6. The van der Waals surface area contributed by atoms with Crippen LogP contribution < -0.4 is 5.56 Å². The van der Waals surface area contributed by atoms with Gasteiger partial charge in [0.2, 0.25) is 0 Å². The lowest BCUT2D eigenvalue weighted by atomic mass is 10.2. The van der Waals surface area contributed by atoms with E-state index < -0.39 is 6.10 Å². The summed E-state index contributed by atoms with van der Waals surface area (Å²) in [6, 6.07) is 5.38. The fourth-order valence-corrected chi connectivity index (χ4v) is 2.57. The lowest BCUT2D eigenvalue weighted by Crippen LogP contribution is -2.26. The monoisotopic (exact) mass is 278 g/mol. The zero-order valence-corrected chi connectivity index (χ0v) is 11.4. The normalized spacial score (nSPS) is 16.8. The molecule has 0 amide bonds. The van der Waals surface area contributed by atoms with E-state index in [0.717, 1.165) is 12.8 Å². The number of aliphatic hydroxyl groups is 1. The standard InChI is InChI=1S/C14H15ClN2O2/c1-2-11(18)13-16-10-5-3-4-9(15)12(10)14(19)17(13)8-6-7-8/h3-5,8,11,18H,2,6-7H2,1H3/t11-/m0/s1. The quantitative estimate of drug-likeness (QED) is 0.939. The molecule has 1 fully saturated rings. The molecule has 0 radical (unpaired) electrons. The number of hydrogen-bond acceptors (Lipinski definition) is 3. The van der Waals surface area contributed by atoms with E-state index in [1.54, 1.807) is 22.8 Å². The van der Waals surface area contributed by atoms with Crippen LogP contribution in [0.1, 0.15) is 44.2 Å². The van der Waals surface area contributed by atoms with Crippen molar-refractivity contribution in [2.75, 3.05) is 0 Å². The number of nitrogens with zero attached hydrogens (tertiary/aromatic N) is 2. The largest absolute Gasteiger partial charge is 0.385 e. The molecule has 0 bridgehead atoms. The molecule has 4 nitrogen and oxygen atoms in total. The van der Waals surface area contributed by atoms with E-state index in [1.807, 2.05) is 6.92 Å². The Kier molecular flexibility index (Phi) is 3.07. The van der Waals surface area contributed by atoms with Crippen molar-refractivity contribution < 1.29 is 5.11 Å². The summed E-state index contributed by atoms with van der Waals surface area (Å²) < 4.78 is 1.63. The first kappa shape index (κ1) is 12.6. The molecule has 1 aromatic carbocycles. The van der Waals surface area contributed by atoms with Gasteiger partial charge in [-0.3, -0.25) is 9.36 Å². The molecule has 19 heavy (non-hydrogen) atoms. The third-order valence-corrected chi connectivity index (χ3v) is 3.82. The van der Waals surface area contributed by atoms with Crippen molar-refractivity contribution in [3.05, 3.63) is 39.4 Å². The minimum Gasteiger partial charge on any atom is -0.385 e. The van der Waals surface area contributed by atoms with Crippen LogP contribution in [0.25, 0.3) is 10.9 Å². The van der Waals surface area contributed by atoms with Gasteiger partial charge in [0.1, 0.15) is 11.9 Å². The van der Waals surface area contributed by atoms with Crippen LogP contribution in [0, 0.1) is 0 Å². The van der Waals surface area contributed by atoms with E-state index >= 15 is 0 Å². The van der Waals surface area contributed by atoms with Crippen molar-refractivity contribution >= 4 is 22.5 Å². The molecule has 0 aliphatic heterocycles. The molecule has 1 aliphatic carbocycles. The van der Waals surface area contributed by atoms with Crippen LogP contribution in [0.5, 0.6) is 0 Å². The Hall–Kier alpha value is -1.39. The fourth-order valence-electron chi connectivity index (χ4n) is 2.32. The number of hydrogen-bond donors (Lipinski definition) is 1. The third-order valence-electron chi connectivity index (χ3n) is 3.50.